The Morgan fingerprint density at radius 3 is 2.53 bits per heavy atom. The maximum Gasteiger partial charge on any atom is 0.0643 e. The van der Waals surface area contributed by atoms with Crippen LogP contribution < -0.4 is 11.3 Å². The molecule has 0 saturated heterocycles. The van der Waals surface area contributed by atoms with Crippen molar-refractivity contribution in [2.75, 3.05) is 5.75 Å². The predicted molar refractivity (Wildman–Crippen MR) is 71.3 cm³/mol. The van der Waals surface area contributed by atoms with Crippen LogP contribution in [0, 0.1) is 6.92 Å². The molecular weight excluding hydrogens is 224 g/mol. The first-order valence-corrected chi connectivity index (χ1v) is 6.89. The largest absolute Gasteiger partial charge is 0.271 e. The van der Waals surface area contributed by atoms with Crippen LogP contribution in [0.5, 0.6) is 0 Å². The monoisotopic (exact) mass is 244 g/mol. The highest BCUT2D eigenvalue weighted by Crippen LogP contribution is 2.30. The van der Waals surface area contributed by atoms with Gasteiger partial charge in [-0.1, -0.05) is 20.8 Å². The number of thiophene rings is 1. The second-order valence-electron chi connectivity index (χ2n) is 4.59. The fourth-order valence-corrected chi connectivity index (χ4v) is 3.17. The molecule has 86 valence electrons. The molecule has 0 bridgehead atoms. The predicted octanol–water partition coefficient (Wildman–Crippen LogP) is 3.09. The number of aryl methyl sites for hydroxylation is 1. The normalized spacial score (nSPS) is 14.2. The van der Waals surface area contributed by atoms with E-state index >= 15 is 0 Å². The first kappa shape index (κ1) is 13.0. The maximum atomic E-state index is 5.59. The van der Waals surface area contributed by atoms with Gasteiger partial charge in [0.2, 0.25) is 0 Å². The van der Waals surface area contributed by atoms with E-state index in [0.29, 0.717) is 4.75 Å². The Kier molecular flexibility index (Phi) is 4.64. The zero-order valence-corrected chi connectivity index (χ0v) is 11.5. The minimum atomic E-state index is 0.271. The molecule has 1 aromatic rings. The van der Waals surface area contributed by atoms with Gasteiger partial charge in [-0.25, -0.2) is 0 Å². The van der Waals surface area contributed by atoms with E-state index in [4.69, 9.17) is 5.84 Å². The Balaban J connectivity index is 2.57. The summed E-state index contributed by atoms with van der Waals surface area (Å²) in [7, 11) is 0. The third kappa shape index (κ3) is 4.55. The number of hydrogen-bond donors (Lipinski definition) is 2. The van der Waals surface area contributed by atoms with E-state index in [-0.39, 0.29) is 6.04 Å². The van der Waals surface area contributed by atoms with Gasteiger partial charge in [0.25, 0.3) is 0 Å². The highest BCUT2D eigenvalue weighted by atomic mass is 32.2. The first-order chi connectivity index (χ1) is 6.92. The SMILES string of the molecule is Cc1ccc(C(CSC(C)(C)C)NN)s1. The molecule has 1 aromatic heterocycles. The molecule has 0 radical (unpaired) electrons. The molecule has 0 aliphatic carbocycles. The van der Waals surface area contributed by atoms with Gasteiger partial charge >= 0.3 is 0 Å². The summed E-state index contributed by atoms with van der Waals surface area (Å²) in [5, 5.41) is 0. The third-order valence-electron chi connectivity index (χ3n) is 1.99. The number of nitrogens with one attached hydrogen (secondary N) is 1. The Hall–Kier alpha value is -0.0300. The Labute approximate surface area is 101 Å². The van der Waals surface area contributed by atoms with Crippen molar-refractivity contribution in [3.63, 3.8) is 0 Å². The van der Waals surface area contributed by atoms with Gasteiger partial charge in [0, 0.05) is 20.3 Å². The van der Waals surface area contributed by atoms with E-state index < -0.39 is 0 Å². The average molecular weight is 244 g/mol. The molecule has 1 heterocycles. The molecule has 0 aliphatic heterocycles. The first-order valence-electron chi connectivity index (χ1n) is 5.09. The summed E-state index contributed by atoms with van der Waals surface area (Å²) in [5.41, 5.74) is 2.89. The van der Waals surface area contributed by atoms with Crippen molar-refractivity contribution in [2.24, 2.45) is 5.84 Å². The van der Waals surface area contributed by atoms with Crippen molar-refractivity contribution in [1.82, 2.24) is 5.43 Å². The second-order valence-corrected chi connectivity index (χ2v) is 7.76. The highest BCUT2D eigenvalue weighted by Gasteiger charge is 2.17. The smallest absolute Gasteiger partial charge is 0.0643 e. The van der Waals surface area contributed by atoms with Crippen molar-refractivity contribution in [3.05, 3.63) is 21.9 Å². The maximum absolute atomic E-state index is 5.59. The van der Waals surface area contributed by atoms with E-state index in [1.165, 1.54) is 9.75 Å². The number of hydrogen-bond acceptors (Lipinski definition) is 4. The summed E-state index contributed by atoms with van der Waals surface area (Å²) < 4.78 is 0.293. The Morgan fingerprint density at radius 2 is 2.13 bits per heavy atom. The lowest BCUT2D eigenvalue weighted by molar-refractivity contribution is 0.617. The summed E-state index contributed by atoms with van der Waals surface area (Å²) in [5.74, 6) is 6.60. The van der Waals surface area contributed by atoms with Crippen LogP contribution >= 0.6 is 23.1 Å². The quantitative estimate of drug-likeness (QED) is 0.631. The van der Waals surface area contributed by atoms with Crippen LogP contribution in [0.15, 0.2) is 12.1 Å². The fourth-order valence-electron chi connectivity index (χ4n) is 1.19. The van der Waals surface area contributed by atoms with Crippen LogP contribution in [0.25, 0.3) is 0 Å². The molecule has 0 aromatic carbocycles. The van der Waals surface area contributed by atoms with Crippen molar-refractivity contribution in [3.8, 4) is 0 Å². The van der Waals surface area contributed by atoms with Crippen LogP contribution in [0.2, 0.25) is 0 Å². The second kappa shape index (κ2) is 5.34. The minimum Gasteiger partial charge on any atom is -0.271 e. The summed E-state index contributed by atoms with van der Waals surface area (Å²) in [6.45, 7) is 8.80. The average Bonchev–Trinajstić information content (AvgIpc) is 2.51. The van der Waals surface area contributed by atoms with E-state index in [1.54, 1.807) is 0 Å². The van der Waals surface area contributed by atoms with Gasteiger partial charge in [-0.15, -0.1) is 11.3 Å². The number of thioether (sulfide) groups is 1. The van der Waals surface area contributed by atoms with E-state index in [0.717, 1.165) is 5.75 Å². The van der Waals surface area contributed by atoms with E-state index in [2.05, 4.69) is 45.3 Å². The highest BCUT2D eigenvalue weighted by molar-refractivity contribution is 8.00. The van der Waals surface area contributed by atoms with E-state index in [1.807, 2.05) is 23.1 Å². The molecule has 3 N–H and O–H groups in total. The van der Waals surface area contributed by atoms with Gasteiger partial charge in [-0.2, -0.15) is 11.8 Å². The standard InChI is InChI=1S/C11H20N2S2/c1-8-5-6-10(15-8)9(13-12)7-14-11(2,3)4/h5-6,9,13H,7,12H2,1-4H3. The van der Waals surface area contributed by atoms with Crippen LogP contribution in [-0.4, -0.2) is 10.5 Å². The Bertz CT molecular complexity index is 302. The Morgan fingerprint density at radius 1 is 1.47 bits per heavy atom. The van der Waals surface area contributed by atoms with Crippen molar-refractivity contribution in [1.29, 1.82) is 0 Å². The van der Waals surface area contributed by atoms with Gasteiger partial charge < -0.3 is 0 Å². The third-order valence-corrected chi connectivity index (χ3v) is 4.47. The van der Waals surface area contributed by atoms with Crippen molar-refractivity contribution >= 4 is 23.1 Å². The van der Waals surface area contributed by atoms with Gasteiger partial charge in [0.1, 0.15) is 0 Å². The molecule has 4 heteroatoms. The molecule has 0 aliphatic rings. The van der Waals surface area contributed by atoms with E-state index in [9.17, 15) is 0 Å². The number of rotatable bonds is 4. The van der Waals surface area contributed by atoms with Crippen molar-refractivity contribution in [2.45, 2.75) is 38.5 Å². The molecule has 0 saturated carbocycles. The summed E-state index contributed by atoms with van der Waals surface area (Å²) in [6, 6.07) is 4.58. The van der Waals surface area contributed by atoms with Crippen LogP contribution in [0.3, 0.4) is 0 Å². The zero-order valence-electron chi connectivity index (χ0n) is 9.83. The lowest BCUT2D eigenvalue weighted by Gasteiger charge is -2.21. The molecule has 0 fully saturated rings. The lowest BCUT2D eigenvalue weighted by Crippen LogP contribution is -2.30. The number of nitrogens with two attached hydrogens (primary N) is 1. The van der Waals surface area contributed by atoms with Crippen molar-refractivity contribution < 1.29 is 0 Å². The molecule has 1 unspecified atom stereocenters. The molecule has 15 heavy (non-hydrogen) atoms. The van der Waals surface area contributed by atoms with Gasteiger partial charge in [-0.05, 0) is 19.1 Å². The van der Waals surface area contributed by atoms with Gasteiger partial charge in [0.05, 0.1) is 6.04 Å². The minimum absolute atomic E-state index is 0.271. The molecule has 1 atom stereocenters. The molecule has 0 amide bonds. The summed E-state index contributed by atoms with van der Waals surface area (Å²) >= 11 is 3.75. The molecular formula is C11H20N2S2. The van der Waals surface area contributed by atoms with Gasteiger partial charge in [-0.3, -0.25) is 11.3 Å². The number of hydrazine groups is 1. The molecule has 2 nitrogen and oxygen atoms in total. The molecule has 1 rings (SSSR count). The van der Waals surface area contributed by atoms with Crippen LogP contribution in [0.1, 0.15) is 36.6 Å². The molecule has 0 spiro atoms. The fraction of sp³-hybridized carbons (Fsp3) is 0.636. The van der Waals surface area contributed by atoms with Crippen LogP contribution in [0.4, 0.5) is 0 Å². The van der Waals surface area contributed by atoms with Gasteiger partial charge in [0.15, 0.2) is 0 Å². The lowest BCUT2D eigenvalue weighted by atomic mass is 10.2. The summed E-state index contributed by atoms with van der Waals surface area (Å²) in [6.07, 6.45) is 0. The summed E-state index contributed by atoms with van der Waals surface area (Å²) in [4.78, 5) is 2.66. The topological polar surface area (TPSA) is 38.0 Å². The zero-order chi connectivity index (χ0) is 11.5. The van der Waals surface area contributed by atoms with Crippen LogP contribution in [-0.2, 0) is 0 Å².